The molecule has 0 saturated carbocycles. The third-order valence-corrected chi connectivity index (χ3v) is 3.68. The van der Waals surface area contributed by atoms with Gasteiger partial charge in [0.2, 0.25) is 0 Å². The second kappa shape index (κ2) is 8.64. The Hall–Kier alpha value is -1.59. The molecule has 0 saturated heterocycles. The van der Waals surface area contributed by atoms with E-state index >= 15 is 0 Å². The van der Waals surface area contributed by atoms with Crippen LogP contribution in [0, 0.1) is 0 Å². The molecule has 0 bridgehead atoms. The minimum absolute atomic E-state index is 0.725. The fraction of sp³-hybridized carbons (Fsp3) is 0.438. The average molecular weight is 305 g/mol. The summed E-state index contributed by atoms with van der Waals surface area (Å²) in [5, 5.41) is 9.69. The SMILES string of the molecule is CCCNCc1csc(Nc2ccccc2OCCC)n1. The molecule has 2 N–H and O–H groups in total. The van der Waals surface area contributed by atoms with Gasteiger partial charge in [0.25, 0.3) is 0 Å². The van der Waals surface area contributed by atoms with E-state index in [0.29, 0.717) is 0 Å². The van der Waals surface area contributed by atoms with Crippen molar-refractivity contribution < 1.29 is 4.74 Å². The molecule has 2 rings (SSSR count). The molecule has 5 heteroatoms. The zero-order chi connectivity index (χ0) is 14.9. The molecule has 2 aromatic rings. The first-order valence-corrected chi connectivity index (χ1v) is 8.35. The summed E-state index contributed by atoms with van der Waals surface area (Å²) < 4.78 is 5.75. The van der Waals surface area contributed by atoms with Gasteiger partial charge in [-0.05, 0) is 31.5 Å². The second-order valence-electron chi connectivity index (χ2n) is 4.79. The first-order chi connectivity index (χ1) is 10.3. The molecule has 0 radical (unpaired) electrons. The lowest BCUT2D eigenvalue weighted by Crippen LogP contribution is -2.13. The van der Waals surface area contributed by atoms with Crippen LogP contribution in [0.5, 0.6) is 5.75 Å². The van der Waals surface area contributed by atoms with Crippen LogP contribution < -0.4 is 15.4 Å². The highest BCUT2D eigenvalue weighted by atomic mass is 32.1. The van der Waals surface area contributed by atoms with E-state index in [1.165, 1.54) is 0 Å². The maximum atomic E-state index is 5.75. The summed E-state index contributed by atoms with van der Waals surface area (Å²) in [6.07, 6.45) is 2.14. The van der Waals surface area contributed by atoms with E-state index in [0.717, 1.165) is 54.8 Å². The van der Waals surface area contributed by atoms with Gasteiger partial charge in [-0.3, -0.25) is 0 Å². The van der Waals surface area contributed by atoms with Crippen molar-refractivity contribution in [3.05, 3.63) is 35.3 Å². The van der Waals surface area contributed by atoms with E-state index in [4.69, 9.17) is 4.74 Å². The number of nitrogens with one attached hydrogen (secondary N) is 2. The highest BCUT2D eigenvalue weighted by Gasteiger charge is 2.06. The van der Waals surface area contributed by atoms with Crippen LogP contribution in [-0.2, 0) is 6.54 Å². The van der Waals surface area contributed by atoms with Crippen LogP contribution in [0.3, 0.4) is 0 Å². The molecule has 1 heterocycles. The lowest BCUT2D eigenvalue weighted by Gasteiger charge is -2.10. The number of aromatic nitrogens is 1. The van der Waals surface area contributed by atoms with Gasteiger partial charge >= 0.3 is 0 Å². The van der Waals surface area contributed by atoms with E-state index in [-0.39, 0.29) is 0 Å². The third-order valence-electron chi connectivity index (χ3n) is 2.87. The summed E-state index contributed by atoms with van der Waals surface area (Å²) in [6, 6.07) is 7.98. The van der Waals surface area contributed by atoms with Crippen molar-refractivity contribution in [3.63, 3.8) is 0 Å². The average Bonchev–Trinajstić information content (AvgIpc) is 2.94. The predicted octanol–water partition coefficient (Wildman–Crippen LogP) is 4.18. The Labute approximate surface area is 130 Å². The number of hydrogen-bond donors (Lipinski definition) is 2. The monoisotopic (exact) mass is 305 g/mol. The van der Waals surface area contributed by atoms with Gasteiger partial charge in [-0.15, -0.1) is 11.3 Å². The van der Waals surface area contributed by atoms with Gasteiger partial charge in [0.15, 0.2) is 5.13 Å². The molecule has 0 spiro atoms. The highest BCUT2D eigenvalue weighted by molar-refractivity contribution is 7.13. The Balaban J connectivity index is 1.98. The van der Waals surface area contributed by atoms with E-state index in [1.54, 1.807) is 11.3 Å². The molecule has 0 fully saturated rings. The number of ether oxygens (including phenoxy) is 1. The lowest BCUT2D eigenvalue weighted by molar-refractivity contribution is 0.319. The predicted molar refractivity (Wildman–Crippen MR) is 89.6 cm³/mol. The summed E-state index contributed by atoms with van der Waals surface area (Å²) >= 11 is 1.62. The molecule has 0 amide bonds. The van der Waals surface area contributed by atoms with E-state index in [1.807, 2.05) is 24.3 Å². The number of anilines is 2. The van der Waals surface area contributed by atoms with Gasteiger partial charge in [0.1, 0.15) is 5.75 Å². The zero-order valence-corrected chi connectivity index (χ0v) is 13.5. The van der Waals surface area contributed by atoms with Gasteiger partial charge in [-0.2, -0.15) is 0 Å². The molecular weight excluding hydrogens is 282 g/mol. The van der Waals surface area contributed by atoms with E-state index in [2.05, 4.69) is 34.8 Å². The number of nitrogens with zero attached hydrogens (tertiary/aromatic N) is 1. The summed E-state index contributed by atoms with van der Waals surface area (Å²) in [4.78, 5) is 4.59. The second-order valence-corrected chi connectivity index (χ2v) is 5.65. The van der Waals surface area contributed by atoms with Gasteiger partial charge in [-0.1, -0.05) is 26.0 Å². The third kappa shape index (κ3) is 5.02. The first-order valence-electron chi connectivity index (χ1n) is 7.47. The number of hydrogen-bond acceptors (Lipinski definition) is 5. The summed E-state index contributed by atoms with van der Waals surface area (Å²) in [7, 11) is 0. The minimum Gasteiger partial charge on any atom is -0.491 e. The normalized spacial score (nSPS) is 10.6. The van der Waals surface area contributed by atoms with E-state index in [9.17, 15) is 0 Å². The van der Waals surface area contributed by atoms with Crippen molar-refractivity contribution in [2.75, 3.05) is 18.5 Å². The Morgan fingerprint density at radius 2 is 2.05 bits per heavy atom. The van der Waals surface area contributed by atoms with E-state index < -0.39 is 0 Å². The Morgan fingerprint density at radius 1 is 1.19 bits per heavy atom. The van der Waals surface area contributed by atoms with Crippen molar-refractivity contribution in [1.82, 2.24) is 10.3 Å². The van der Waals surface area contributed by atoms with Crippen LogP contribution in [0.2, 0.25) is 0 Å². The molecule has 0 atom stereocenters. The molecule has 1 aromatic heterocycles. The fourth-order valence-corrected chi connectivity index (χ4v) is 2.58. The number of benzene rings is 1. The maximum absolute atomic E-state index is 5.75. The number of para-hydroxylation sites is 2. The van der Waals surface area contributed by atoms with Crippen LogP contribution >= 0.6 is 11.3 Å². The molecular formula is C16H23N3OS. The summed E-state index contributed by atoms with van der Waals surface area (Å²) in [6.45, 7) is 6.83. The van der Waals surface area contributed by atoms with Gasteiger partial charge in [0, 0.05) is 11.9 Å². The maximum Gasteiger partial charge on any atom is 0.187 e. The summed E-state index contributed by atoms with van der Waals surface area (Å²) in [5.74, 6) is 0.875. The van der Waals surface area contributed by atoms with Crippen LogP contribution in [-0.4, -0.2) is 18.1 Å². The molecule has 1 aromatic carbocycles. The van der Waals surface area contributed by atoms with Crippen molar-refractivity contribution in [2.45, 2.75) is 33.2 Å². The Kier molecular flexibility index (Phi) is 6.50. The van der Waals surface area contributed by atoms with Gasteiger partial charge in [-0.25, -0.2) is 4.98 Å². The quantitative estimate of drug-likeness (QED) is 0.682. The van der Waals surface area contributed by atoms with Crippen molar-refractivity contribution >= 4 is 22.2 Å². The molecule has 21 heavy (non-hydrogen) atoms. The standard InChI is InChI=1S/C16H23N3OS/c1-3-9-17-11-13-12-21-16(18-13)19-14-7-5-6-8-15(14)20-10-4-2/h5-8,12,17H,3-4,9-11H2,1-2H3,(H,18,19). The molecule has 4 nitrogen and oxygen atoms in total. The van der Waals surface area contributed by atoms with Crippen LogP contribution in [0.15, 0.2) is 29.6 Å². The number of rotatable bonds is 9. The van der Waals surface area contributed by atoms with Crippen molar-refractivity contribution in [2.24, 2.45) is 0 Å². The van der Waals surface area contributed by atoms with Gasteiger partial charge in [0.05, 0.1) is 18.0 Å². The zero-order valence-electron chi connectivity index (χ0n) is 12.7. The molecule has 114 valence electrons. The number of thiazole rings is 1. The lowest BCUT2D eigenvalue weighted by atomic mass is 10.3. The highest BCUT2D eigenvalue weighted by Crippen LogP contribution is 2.29. The van der Waals surface area contributed by atoms with Crippen molar-refractivity contribution in [1.29, 1.82) is 0 Å². The summed E-state index contributed by atoms with van der Waals surface area (Å²) in [5.41, 5.74) is 2.04. The first kappa shape index (κ1) is 15.8. The smallest absolute Gasteiger partial charge is 0.187 e. The Morgan fingerprint density at radius 3 is 2.86 bits per heavy atom. The van der Waals surface area contributed by atoms with Crippen LogP contribution in [0.4, 0.5) is 10.8 Å². The fourth-order valence-electron chi connectivity index (χ4n) is 1.86. The molecule has 0 aliphatic rings. The molecule has 0 aliphatic heterocycles. The van der Waals surface area contributed by atoms with Crippen LogP contribution in [0.25, 0.3) is 0 Å². The van der Waals surface area contributed by atoms with Gasteiger partial charge < -0.3 is 15.4 Å². The molecule has 0 aliphatic carbocycles. The Bertz CT molecular complexity index is 542. The topological polar surface area (TPSA) is 46.2 Å². The minimum atomic E-state index is 0.725. The molecule has 0 unspecified atom stereocenters. The van der Waals surface area contributed by atoms with Crippen LogP contribution in [0.1, 0.15) is 32.4 Å². The largest absolute Gasteiger partial charge is 0.491 e. The van der Waals surface area contributed by atoms with Crippen molar-refractivity contribution in [3.8, 4) is 5.75 Å².